The Morgan fingerprint density at radius 2 is 1.84 bits per heavy atom. The van der Waals surface area contributed by atoms with Gasteiger partial charge >= 0.3 is 0 Å². The smallest absolute Gasteiger partial charge is 0.255 e. The maximum Gasteiger partial charge on any atom is 0.255 e. The molecular weight excluding hydrogens is 386 g/mol. The summed E-state index contributed by atoms with van der Waals surface area (Å²) in [6.45, 7) is 5.34. The lowest BCUT2D eigenvalue weighted by molar-refractivity contribution is 0.220. The first-order valence-electron chi connectivity index (χ1n) is 11.0. The molecule has 31 heavy (non-hydrogen) atoms. The Balaban J connectivity index is 1.44. The van der Waals surface area contributed by atoms with Gasteiger partial charge in [0.25, 0.3) is 5.56 Å². The van der Waals surface area contributed by atoms with Gasteiger partial charge in [-0.05, 0) is 68.8 Å². The normalized spacial score (nSPS) is 20.1. The van der Waals surface area contributed by atoms with E-state index in [1.807, 2.05) is 31.3 Å². The molecule has 0 saturated carbocycles. The van der Waals surface area contributed by atoms with E-state index >= 15 is 0 Å². The van der Waals surface area contributed by atoms with Crippen molar-refractivity contribution in [3.8, 4) is 16.9 Å². The molecule has 6 heteroatoms. The average Bonchev–Trinajstić information content (AvgIpc) is 2.93. The highest BCUT2D eigenvalue weighted by atomic mass is 16.1. The molecule has 3 aliphatic rings. The Morgan fingerprint density at radius 3 is 2.58 bits per heavy atom. The molecular formula is C25H25N5O. The van der Waals surface area contributed by atoms with Crippen molar-refractivity contribution < 1.29 is 0 Å². The zero-order valence-electron chi connectivity index (χ0n) is 17.9. The molecule has 0 unspecified atom stereocenters. The summed E-state index contributed by atoms with van der Waals surface area (Å²) in [5.41, 5.74) is 7.35. The lowest BCUT2D eigenvalue weighted by atomic mass is 9.94. The summed E-state index contributed by atoms with van der Waals surface area (Å²) in [5.74, 6) is 0.646. The van der Waals surface area contributed by atoms with Gasteiger partial charge in [0.2, 0.25) is 0 Å². The van der Waals surface area contributed by atoms with Crippen LogP contribution in [0.1, 0.15) is 35.7 Å². The number of rotatable bonds is 2. The van der Waals surface area contributed by atoms with Crippen molar-refractivity contribution in [1.82, 2.24) is 24.2 Å². The number of fused-ring (bicyclic) bond motifs is 3. The van der Waals surface area contributed by atoms with Gasteiger partial charge in [0.1, 0.15) is 0 Å². The van der Waals surface area contributed by atoms with E-state index < -0.39 is 0 Å². The van der Waals surface area contributed by atoms with Gasteiger partial charge in [-0.3, -0.25) is 14.3 Å². The van der Waals surface area contributed by atoms with Crippen LogP contribution in [0.25, 0.3) is 27.8 Å². The lowest BCUT2D eigenvalue weighted by Gasteiger charge is -2.27. The SMILES string of the molecule is Cc1ccc(-c2ccn(-c3ccc4c5c(n(C)c4c3)C3CCN(CC3)C5)c(=O)c2)nn1. The zero-order valence-corrected chi connectivity index (χ0v) is 17.9. The van der Waals surface area contributed by atoms with E-state index in [2.05, 4.69) is 44.9 Å². The number of nitrogens with zero attached hydrogens (tertiary/aromatic N) is 5. The average molecular weight is 412 g/mol. The highest BCUT2D eigenvalue weighted by Gasteiger charge is 2.31. The Kier molecular flexibility index (Phi) is 4.11. The third-order valence-electron chi connectivity index (χ3n) is 6.99. The minimum absolute atomic E-state index is 0.0693. The summed E-state index contributed by atoms with van der Waals surface area (Å²) >= 11 is 0. The van der Waals surface area contributed by atoms with Crippen molar-refractivity contribution in [2.24, 2.45) is 7.05 Å². The summed E-state index contributed by atoms with van der Waals surface area (Å²) in [4.78, 5) is 15.5. The van der Waals surface area contributed by atoms with Gasteiger partial charge in [0.15, 0.2) is 0 Å². The highest BCUT2D eigenvalue weighted by Crippen LogP contribution is 2.40. The fourth-order valence-electron chi connectivity index (χ4n) is 5.35. The number of aryl methyl sites for hydroxylation is 2. The molecule has 1 fully saturated rings. The van der Waals surface area contributed by atoms with Crippen LogP contribution in [0.3, 0.4) is 0 Å². The van der Waals surface area contributed by atoms with Crippen LogP contribution in [0.15, 0.2) is 53.5 Å². The Bertz CT molecular complexity index is 1360. The van der Waals surface area contributed by atoms with Crippen LogP contribution in [-0.4, -0.2) is 37.3 Å². The number of hydrogen-bond donors (Lipinski definition) is 0. The molecule has 2 bridgehead atoms. The predicted molar refractivity (Wildman–Crippen MR) is 122 cm³/mol. The van der Waals surface area contributed by atoms with E-state index in [9.17, 15) is 4.79 Å². The van der Waals surface area contributed by atoms with E-state index in [1.54, 1.807) is 10.6 Å². The third-order valence-corrected chi connectivity index (χ3v) is 6.99. The van der Waals surface area contributed by atoms with Gasteiger partial charge in [0.05, 0.1) is 22.6 Å². The molecule has 1 aromatic carbocycles. The summed E-state index contributed by atoms with van der Waals surface area (Å²) in [6.07, 6.45) is 4.32. The molecule has 156 valence electrons. The van der Waals surface area contributed by atoms with E-state index in [0.29, 0.717) is 11.6 Å². The second-order valence-electron chi connectivity index (χ2n) is 8.86. The van der Waals surface area contributed by atoms with Crippen LogP contribution >= 0.6 is 0 Å². The number of pyridine rings is 1. The maximum absolute atomic E-state index is 12.9. The zero-order chi connectivity index (χ0) is 21.1. The number of aromatic nitrogens is 4. The minimum atomic E-state index is -0.0693. The quantitative estimate of drug-likeness (QED) is 0.504. The van der Waals surface area contributed by atoms with Crippen molar-refractivity contribution in [3.63, 3.8) is 0 Å². The number of piperidine rings is 1. The molecule has 6 heterocycles. The highest BCUT2D eigenvalue weighted by molar-refractivity contribution is 5.87. The van der Waals surface area contributed by atoms with E-state index in [-0.39, 0.29) is 5.56 Å². The number of hydrogen-bond acceptors (Lipinski definition) is 4. The molecule has 7 rings (SSSR count). The molecule has 1 saturated heterocycles. The van der Waals surface area contributed by atoms with Gasteiger partial charge in [0, 0.05) is 48.4 Å². The van der Waals surface area contributed by atoms with E-state index in [1.165, 1.54) is 48.1 Å². The molecule has 0 spiro atoms. The second-order valence-corrected chi connectivity index (χ2v) is 8.86. The monoisotopic (exact) mass is 411 g/mol. The second kappa shape index (κ2) is 6.89. The fraction of sp³-hybridized carbons (Fsp3) is 0.320. The predicted octanol–water partition coefficient (Wildman–Crippen LogP) is 3.79. The Hall–Kier alpha value is -3.25. The number of benzene rings is 1. The summed E-state index contributed by atoms with van der Waals surface area (Å²) in [5, 5.41) is 9.62. The molecule has 0 amide bonds. The van der Waals surface area contributed by atoms with Crippen LogP contribution in [0.2, 0.25) is 0 Å². The van der Waals surface area contributed by atoms with Gasteiger partial charge < -0.3 is 4.57 Å². The Morgan fingerprint density at radius 1 is 1.00 bits per heavy atom. The van der Waals surface area contributed by atoms with Crippen molar-refractivity contribution in [2.45, 2.75) is 32.2 Å². The third kappa shape index (κ3) is 2.93. The topological polar surface area (TPSA) is 56.0 Å². The van der Waals surface area contributed by atoms with Crippen molar-refractivity contribution in [1.29, 1.82) is 0 Å². The first-order valence-corrected chi connectivity index (χ1v) is 11.0. The molecule has 0 atom stereocenters. The maximum atomic E-state index is 12.9. The molecule has 4 aromatic rings. The van der Waals surface area contributed by atoms with Gasteiger partial charge in [-0.25, -0.2) is 0 Å². The summed E-state index contributed by atoms with van der Waals surface area (Å²) < 4.78 is 4.08. The minimum Gasteiger partial charge on any atom is -0.347 e. The molecule has 0 radical (unpaired) electrons. The summed E-state index contributed by atoms with van der Waals surface area (Å²) in [7, 11) is 2.18. The van der Waals surface area contributed by atoms with Crippen molar-refractivity contribution in [3.05, 3.63) is 76.0 Å². The first-order chi connectivity index (χ1) is 15.1. The van der Waals surface area contributed by atoms with Crippen LogP contribution in [-0.2, 0) is 13.6 Å². The van der Waals surface area contributed by atoms with Crippen molar-refractivity contribution in [2.75, 3.05) is 13.1 Å². The standard InChI is InChI=1S/C25H25N5O/c1-16-3-6-22(27-26-16)18-9-12-30(24(31)13-18)19-4-5-20-21-15-29-10-7-17(8-11-29)25(21)28(2)23(20)14-19/h3-6,9,12-14,17H,7-8,10-11,15H2,1-2H3. The molecule has 0 aliphatic carbocycles. The van der Waals surface area contributed by atoms with E-state index in [4.69, 9.17) is 0 Å². The fourth-order valence-corrected chi connectivity index (χ4v) is 5.35. The molecule has 3 aromatic heterocycles. The largest absolute Gasteiger partial charge is 0.347 e. The summed E-state index contributed by atoms with van der Waals surface area (Å²) in [6, 6.07) is 13.8. The molecule has 3 aliphatic heterocycles. The molecule has 6 nitrogen and oxygen atoms in total. The van der Waals surface area contributed by atoms with Crippen LogP contribution in [0.4, 0.5) is 0 Å². The first kappa shape index (κ1) is 18.5. The van der Waals surface area contributed by atoms with E-state index in [0.717, 1.165) is 23.5 Å². The van der Waals surface area contributed by atoms with Crippen LogP contribution in [0, 0.1) is 6.92 Å². The van der Waals surface area contributed by atoms with Crippen LogP contribution in [0.5, 0.6) is 0 Å². The van der Waals surface area contributed by atoms with Gasteiger partial charge in [-0.2, -0.15) is 10.2 Å². The van der Waals surface area contributed by atoms with Gasteiger partial charge in [-0.1, -0.05) is 6.07 Å². The lowest BCUT2D eigenvalue weighted by Crippen LogP contribution is -2.29. The molecule has 0 N–H and O–H groups in total. The van der Waals surface area contributed by atoms with Gasteiger partial charge in [-0.15, -0.1) is 0 Å². The van der Waals surface area contributed by atoms with Crippen molar-refractivity contribution >= 4 is 10.9 Å². The Labute approximate surface area is 180 Å². The van der Waals surface area contributed by atoms with Crippen LogP contribution < -0.4 is 5.56 Å².